The van der Waals surface area contributed by atoms with Gasteiger partial charge in [-0.3, -0.25) is 14.7 Å². The lowest BCUT2D eigenvalue weighted by Gasteiger charge is -2.22. The number of nitrogens with zero attached hydrogens (tertiary/aromatic N) is 2. The highest BCUT2D eigenvalue weighted by Gasteiger charge is 2.36. The third kappa shape index (κ3) is 1.43. The van der Waals surface area contributed by atoms with E-state index in [-0.39, 0.29) is 5.91 Å². The molecule has 1 amide bonds. The molecule has 1 unspecified atom stereocenters. The van der Waals surface area contributed by atoms with Crippen molar-refractivity contribution in [3.05, 3.63) is 59.4 Å². The highest BCUT2D eigenvalue weighted by Crippen LogP contribution is 2.36. The molecule has 2 aromatic rings. The van der Waals surface area contributed by atoms with E-state index in [9.17, 15) is 9.90 Å². The Morgan fingerprint density at radius 1 is 1.28 bits per heavy atom. The van der Waals surface area contributed by atoms with E-state index in [4.69, 9.17) is 0 Å². The number of rotatable bonds is 1. The van der Waals surface area contributed by atoms with Crippen molar-refractivity contribution in [3.8, 4) is 0 Å². The van der Waals surface area contributed by atoms with Crippen LogP contribution in [0.4, 0.5) is 5.69 Å². The number of benzene rings is 1. The summed E-state index contributed by atoms with van der Waals surface area (Å²) in [5.41, 5.74) is 2.75. The van der Waals surface area contributed by atoms with Crippen LogP contribution in [0.1, 0.15) is 27.7 Å². The molecule has 1 aliphatic rings. The molecule has 3 rings (SSSR count). The predicted octanol–water partition coefficient (Wildman–Crippen LogP) is 2.04. The Morgan fingerprint density at radius 3 is 2.78 bits per heavy atom. The quantitative estimate of drug-likeness (QED) is 0.829. The van der Waals surface area contributed by atoms with Crippen LogP contribution in [0.25, 0.3) is 0 Å². The SMILES string of the molecule is Cc1ccncc1N1C(=O)c2ccccc2C1O. The average molecular weight is 240 g/mol. The summed E-state index contributed by atoms with van der Waals surface area (Å²) in [6.45, 7) is 1.89. The van der Waals surface area contributed by atoms with Crippen molar-refractivity contribution in [2.75, 3.05) is 4.90 Å². The normalized spacial score (nSPS) is 18.0. The molecule has 4 heteroatoms. The molecular formula is C14H12N2O2. The number of aromatic nitrogens is 1. The summed E-state index contributed by atoms with van der Waals surface area (Å²) in [7, 11) is 0. The van der Waals surface area contributed by atoms with Gasteiger partial charge in [-0.25, -0.2) is 0 Å². The molecule has 0 aliphatic carbocycles. The maximum Gasteiger partial charge on any atom is 0.261 e. The lowest BCUT2D eigenvalue weighted by molar-refractivity contribution is 0.0935. The topological polar surface area (TPSA) is 53.4 Å². The molecule has 0 saturated heterocycles. The van der Waals surface area contributed by atoms with Gasteiger partial charge in [0.1, 0.15) is 0 Å². The molecule has 90 valence electrons. The molecule has 18 heavy (non-hydrogen) atoms. The van der Waals surface area contributed by atoms with E-state index in [1.165, 1.54) is 4.90 Å². The predicted molar refractivity (Wildman–Crippen MR) is 67.2 cm³/mol. The zero-order valence-corrected chi connectivity index (χ0v) is 9.87. The van der Waals surface area contributed by atoms with Crippen molar-refractivity contribution in [1.82, 2.24) is 4.98 Å². The third-order valence-electron chi connectivity index (χ3n) is 3.20. The Bertz CT molecular complexity index is 625. The van der Waals surface area contributed by atoms with Crippen LogP contribution < -0.4 is 4.90 Å². The second-order valence-corrected chi connectivity index (χ2v) is 4.30. The van der Waals surface area contributed by atoms with Gasteiger partial charge >= 0.3 is 0 Å². The van der Waals surface area contributed by atoms with E-state index in [1.807, 2.05) is 19.1 Å². The fraction of sp³-hybridized carbons (Fsp3) is 0.143. The highest BCUT2D eigenvalue weighted by atomic mass is 16.3. The monoisotopic (exact) mass is 240 g/mol. The van der Waals surface area contributed by atoms with Gasteiger partial charge in [0.15, 0.2) is 6.23 Å². The van der Waals surface area contributed by atoms with Crippen LogP contribution >= 0.6 is 0 Å². The van der Waals surface area contributed by atoms with Crippen LogP contribution in [0.2, 0.25) is 0 Å². The number of pyridine rings is 1. The van der Waals surface area contributed by atoms with Crippen LogP contribution in [-0.4, -0.2) is 16.0 Å². The van der Waals surface area contributed by atoms with Crippen molar-refractivity contribution in [3.63, 3.8) is 0 Å². The number of aliphatic hydroxyl groups is 1. The molecule has 1 aliphatic heterocycles. The minimum absolute atomic E-state index is 0.186. The number of hydrogen-bond acceptors (Lipinski definition) is 3. The van der Waals surface area contributed by atoms with Crippen molar-refractivity contribution in [2.24, 2.45) is 0 Å². The maximum atomic E-state index is 12.3. The van der Waals surface area contributed by atoms with Crippen LogP contribution in [0.3, 0.4) is 0 Å². The van der Waals surface area contributed by atoms with Gasteiger partial charge in [-0.2, -0.15) is 0 Å². The molecule has 0 bridgehead atoms. The maximum absolute atomic E-state index is 12.3. The Kier molecular flexibility index (Phi) is 2.38. The number of amides is 1. The Hall–Kier alpha value is -2.20. The fourth-order valence-electron chi connectivity index (χ4n) is 2.25. The summed E-state index contributed by atoms with van der Waals surface area (Å²) in [5, 5.41) is 10.3. The van der Waals surface area contributed by atoms with Crippen LogP contribution in [0, 0.1) is 6.92 Å². The lowest BCUT2D eigenvalue weighted by atomic mass is 10.1. The zero-order chi connectivity index (χ0) is 12.7. The molecule has 0 spiro atoms. The number of fused-ring (bicyclic) bond motifs is 1. The summed E-state index contributed by atoms with van der Waals surface area (Å²) in [4.78, 5) is 17.7. The molecule has 1 aromatic heterocycles. The van der Waals surface area contributed by atoms with Crippen molar-refractivity contribution in [1.29, 1.82) is 0 Å². The van der Waals surface area contributed by atoms with Gasteiger partial charge in [-0.1, -0.05) is 18.2 Å². The first-order valence-electron chi connectivity index (χ1n) is 5.71. The summed E-state index contributed by atoms with van der Waals surface area (Å²) in [6, 6.07) is 8.92. The van der Waals surface area contributed by atoms with Gasteiger partial charge in [0.25, 0.3) is 5.91 Å². The van der Waals surface area contributed by atoms with E-state index in [0.29, 0.717) is 16.8 Å². The second kappa shape index (κ2) is 3.92. The minimum atomic E-state index is -0.934. The zero-order valence-electron chi connectivity index (χ0n) is 9.87. The second-order valence-electron chi connectivity index (χ2n) is 4.30. The van der Waals surface area contributed by atoms with Gasteiger partial charge in [0.05, 0.1) is 11.9 Å². The molecule has 1 aromatic carbocycles. The summed E-state index contributed by atoms with van der Waals surface area (Å²) < 4.78 is 0. The number of anilines is 1. The molecule has 1 N–H and O–H groups in total. The number of hydrogen-bond donors (Lipinski definition) is 1. The van der Waals surface area contributed by atoms with Crippen LogP contribution in [0.15, 0.2) is 42.7 Å². The first-order valence-corrected chi connectivity index (χ1v) is 5.71. The average Bonchev–Trinajstić information content (AvgIpc) is 2.64. The third-order valence-corrected chi connectivity index (χ3v) is 3.20. The van der Waals surface area contributed by atoms with Crippen LogP contribution in [-0.2, 0) is 0 Å². The van der Waals surface area contributed by atoms with E-state index in [2.05, 4.69) is 4.98 Å². The van der Waals surface area contributed by atoms with E-state index in [1.54, 1.807) is 30.6 Å². The van der Waals surface area contributed by atoms with Gasteiger partial charge in [-0.15, -0.1) is 0 Å². The van der Waals surface area contributed by atoms with E-state index >= 15 is 0 Å². The molecule has 4 nitrogen and oxygen atoms in total. The van der Waals surface area contributed by atoms with Crippen molar-refractivity contribution in [2.45, 2.75) is 13.2 Å². The van der Waals surface area contributed by atoms with Gasteiger partial charge in [0, 0.05) is 17.3 Å². The van der Waals surface area contributed by atoms with E-state index < -0.39 is 6.23 Å². The van der Waals surface area contributed by atoms with Crippen molar-refractivity contribution < 1.29 is 9.90 Å². The Balaban J connectivity index is 2.13. The molecule has 0 saturated carbocycles. The Morgan fingerprint density at radius 2 is 2.06 bits per heavy atom. The first-order chi connectivity index (χ1) is 8.70. The lowest BCUT2D eigenvalue weighted by Crippen LogP contribution is -2.28. The fourth-order valence-corrected chi connectivity index (χ4v) is 2.25. The van der Waals surface area contributed by atoms with Gasteiger partial charge in [0.2, 0.25) is 0 Å². The Labute approximate surface area is 105 Å². The number of carbonyl (C=O) groups is 1. The van der Waals surface area contributed by atoms with Crippen molar-refractivity contribution >= 4 is 11.6 Å². The van der Waals surface area contributed by atoms with E-state index in [0.717, 1.165) is 5.56 Å². The van der Waals surface area contributed by atoms with Gasteiger partial charge < -0.3 is 5.11 Å². The smallest absolute Gasteiger partial charge is 0.261 e. The molecule has 2 heterocycles. The minimum Gasteiger partial charge on any atom is -0.369 e. The summed E-state index contributed by atoms with van der Waals surface area (Å²) in [6.07, 6.45) is 2.33. The number of carbonyl (C=O) groups excluding carboxylic acids is 1. The molecule has 1 atom stereocenters. The highest BCUT2D eigenvalue weighted by molar-refractivity contribution is 6.10. The number of aryl methyl sites for hydroxylation is 1. The molecular weight excluding hydrogens is 228 g/mol. The summed E-state index contributed by atoms with van der Waals surface area (Å²) >= 11 is 0. The molecule has 0 radical (unpaired) electrons. The van der Waals surface area contributed by atoms with Crippen LogP contribution in [0.5, 0.6) is 0 Å². The van der Waals surface area contributed by atoms with Gasteiger partial charge in [-0.05, 0) is 24.6 Å². The molecule has 0 fully saturated rings. The largest absolute Gasteiger partial charge is 0.369 e. The first kappa shape index (κ1) is 10.9. The number of aliphatic hydroxyl groups excluding tert-OH is 1. The standard InChI is InChI=1S/C14H12N2O2/c1-9-6-7-15-8-12(9)16-13(17)10-4-2-3-5-11(10)14(16)18/h2-8,13,17H,1H3. The summed E-state index contributed by atoms with van der Waals surface area (Å²) in [5.74, 6) is -0.186.